The molecule has 0 bridgehead atoms. The van der Waals surface area contributed by atoms with Crippen molar-refractivity contribution in [3.8, 4) is 34.2 Å². The molecule has 0 saturated carbocycles. The number of fused-ring (bicyclic) bond motifs is 3. The molecule has 4 rings (SSSR count). The van der Waals surface area contributed by atoms with E-state index < -0.39 is 5.60 Å². The van der Waals surface area contributed by atoms with Crippen LogP contribution in [0.15, 0.2) is 48.5 Å². The topological polar surface area (TPSA) is 45.9 Å². The van der Waals surface area contributed by atoms with E-state index in [9.17, 15) is 5.26 Å². The third kappa shape index (κ3) is 2.68. The molecule has 0 unspecified atom stereocenters. The fraction of sp³-hybridized carbons (Fsp3) is 0.250. The fourth-order valence-corrected chi connectivity index (χ4v) is 4.29. The lowest BCUT2D eigenvalue weighted by atomic mass is 9.77. The van der Waals surface area contributed by atoms with Gasteiger partial charge in [-0.3, -0.25) is 0 Å². The zero-order valence-corrected chi connectivity index (χ0v) is 17.0. The summed E-state index contributed by atoms with van der Waals surface area (Å²) in [4.78, 5) is 4.68. The molecule has 4 heteroatoms. The van der Waals surface area contributed by atoms with Gasteiger partial charge in [-0.2, -0.15) is 5.26 Å². The third-order valence-corrected chi connectivity index (χ3v) is 5.92. The molecule has 0 saturated heterocycles. The highest BCUT2D eigenvalue weighted by Gasteiger charge is 2.42. The van der Waals surface area contributed by atoms with Crippen LogP contribution < -0.4 is 4.74 Å². The molecule has 0 fully saturated rings. The summed E-state index contributed by atoms with van der Waals surface area (Å²) in [7, 11) is 0. The highest BCUT2D eigenvalue weighted by molar-refractivity contribution is 6.31. The number of rotatable bonds is 3. The second-order valence-corrected chi connectivity index (χ2v) is 7.51. The quantitative estimate of drug-likeness (QED) is 0.471. The van der Waals surface area contributed by atoms with Gasteiger partial charge < -0.3 is 4.74 Å². The molecule has 140 valence electrons. The molecule has 2 heterocycles. The molecule has 3 nitrogen and oxygen atoms in total. The largest absolute Gasteiger partial charge is 0.482 e. The summed E-state index contributed by atoms with van der Waals surface area (Å²) >= 11 is 6.52. The fourth-order valence-electron chi connectivity index (χ4n) is 4.07. The van der Waals surface area contributed by atoms with Crippen molar-refractivity contribution in [1.82, 2.24) is 4.98 Å². The lowest BCUT2D eigenvalue weighted by Gasteiger charge is -2.40. The van der Waals surface area contributed by atoms with Crippen molar-refractivity contribution in [1.29, 1.82) is 5.26 Å². The SMILES string of the molecule is CCC1(CC)Oc2ccccc2-c2nc(Cl)c(C#N)c(-c3ccc(C)cc3)c21. The van der Waals surface area contributed by atoms with Crippen LogP contribution in [0, 0.1) is 18.3 Å². The van der Waals surface area contributed by atoms with E-state index in [-0.39, 0.29) is 5.15 Å². The molecule has 1 aliphatic heterocycles. The monoisotopic (exact) mass is 388 g/mol. The Bertz CT molecular complexity index is 1090. The van der Waals surface area contributed by atoms with Crippen molar-refractivity contribution >= 4 is 11.6 Å². The first-order valence-electron chi connectivity index (χ1n) is 9.54. The van der Waals surface area contributed by atoms with E-state index in [1.54, 1.807) is 0 Å². The summed E-state index contributed by atoms with van der Waals surface area (Å²) in [5.41, 5.74) is 5.47. The Morgan fingerprint density at radius 3 is 2.39 bits per heavy atom. The predicted octanol–water partition coefficient (Wildman–Crippen LogP) is 6.66. The highest BCUT2D eigenvalue weighted by Crippen LogP contribution is 2.52. The van der Waals surface area contributed by atoms with Crippen LogP contribution in [0.4, 0.5) is 0 Å². The molecule has 0 aliphatic carbocycles. The number of hydrogen-bond acceptors (Lipinski definition) is 3. The molecule has 3 aromatic rings. The van der Waals surface area contributed by atoms with Crippen LogP contribution in [0.25, 0.3) is 22.4 Å². The Labute approximate surface area is 170 Å². The Kier molecular flexibility index (Phi) is 4.61. The van der Waals surface area contributed by atoms with Crippen molar-refractivity contribution in [3.63, 3.8) is 0 Å². The number of aromatic nitrogens is 1. The molecule has 1 aliphatic rings. The molecule has 0 spiro atoms. The predicted molar refractivity (Wildman–Crippen MR) is 112 cm³/mol. The van der Waals surface area contributed by atoms with E-state index in [4.69, 9.17) is 16.3 Å². The number of ether oxygens (including phenoxy) is 1. The van der Waals surface area contributed by atoms with Crippen LogP contribution in [-0.4, -0.2) is 4.98 Å². The summed E-state index contributed by atoms with van der Waals surface area (Å²) in [6.45, 7) is 6.27. The van der Waals surface area contributed by atoms with Gasteiger partial charge >= 0.3 is 0 Å². The number of nitrogens with zero attached hydrogens (tertiary/aromatic N) is 2. The molecule has 0 N–H and O–H groups in total. The van der Waals surface area contributed by atoms with E-state index in [0.717, 1.165) is 52.1 Å². The zero-order valence-electron chi connectivity index (χ0n) is 16.2. The van der Waals surface area contributed by atoms with Gasteiger partial charge in [-0.25, -0.2) is 4.98 Å². The molecule has 2 aromatic carbocycles. The molecule has 0 amide bonds. The van der Waals surface area contributed by atoms with Gasteiger partial charge in [0, 0.05) is 16.7 Å². The minimum Gasteiger partial charge on any atom is -0.482 e. The Hall–Kier alpha value is -2.83. The van der Waals surface area contributed by atoms with Crippen LogP contribution in [0.3, 0.4) is 0 Å². The number of benzene rings is 2. The first kappa shape index (κ1) is 18.5. The molecular formula is C24H21ClN2O. The minimum atomic E-state index is -0.562. The van der Waals surface area contributed by atoms with Gasteiger partial charge in [-0.1, -0.05) is 67.4 Å². The van der Waals surface area contributed by atoms with Crippen molar-refractivity contribution in [2.45, 2.75) is 39.2 Å². The maximum atomic E-state index is 9.91. The first-order valence-corrected chi connectivity index (χ1v) is 9.92. The van der Waals surface area contributed by atoms with E-state index in [1.807, 2.05) is 43.3 Å². The Morgan fingerprint density at radius 2 is 1.75 bits per heavy atom. The second kappa shape index (κ2) is 6.96. The normalized spacial score (nSPS) is 13.8. The van der Waals surface area contributed by atoms with Gasteiger partial charge in [0.05, 0.1) is 11.3 Å². The van der Waals surface area contributed by atoms with E-state index in [0.29, 0.717) is 5.56 Å². The van der Waals surface area contributed by atoms with Gasteiger partial charge in [0.15, 0.2) is 0 Å². The molecule has 28 heavy (non-hydrogen) atoms. The van der Waals surface area contributed by atoms with Gasteiger partial charge in [-0.05, 0) is 37.5 Å². The summed E-state index contributed by atoms with van der Waals surface area (Å²) in [5.74, 6) is 0.807. The average Bonchev–Trinajstić information content (AvgIpc) is 2.73. The zero-order chi connectivity index (χ0) is 19.9. The van der Waals surface area contributed by atoms with Crippen molar-refractivity contribution in [3.05, 3.63) is 70.4 Å². The van der Waals surface area contributed by atoms with Gasteiger partial charge in [-0.15, -0.1) is 0 Å². The molecule has 1 aromatic heterocycles. The van der Waals surface area contributed by atoms with Gasteiger partial charge in [0.1, 0.15) is 22.6 Å². The second-order valence-electron chi connectivity index (χ2n) is 7.15. The van der Waals surface area contributed by atoms with E-state index in [1.165, 1.54) is 0 Å². The maximum absolute atomic E-state index is 9.91. The summed E-state index contributed by atoms with van der Waals surface area (Å²) in [6.07, 6.45) is 1.52. The van der Waals surface area contributed by atoms with Crippen molar-refractivity contribution in [2.75, 3.05) is 0 Å². The standard InChI is InChI=1S/C24H21ClN2O/c1-4-24(5-2)21-20(16-12-10-15(3)11-13-16)18(14-26)23(25)27-22(21)17-8-6-7-9-19(17)28-24/h6-13H,4-5H2,1-3H3. The van der Waals surface area contributed by atoms with Gasteiger partial charge in [0.25, 0.3) is 0 Å². The van der Waals surface area contributed by atoms with Crippen LogP contribution in [0.2, 0.25) is 5.15 Å². The summed E-state index contributed by atoms with van der Waals surface area (Å²) < 4.78 is 6.58. The number of para-hydroxylation sites is 1. The Morgan fingerprint density at radius 1 is 1.07 bits per heavy atom. The number of pyridine rings is 1. The third-order valence-electron chi connectivity index (χ3n) is 5.65. The number of aryl methyl sites for hydroxylation is 1. The highest BCUT2D eigenvalue weighted by atomic mass is 35.5. The average molecular weight is 389 g/mol. The first-order chi connectivity index (χ1) is 13.5. The smallest absolute Gasteiger partial charge is 0.148 e. The summed E-state index contributed by atoms with van der Waals surface area (Å²) in [6, 6.07) is 18.4. The van der Waals surface area contributed by atoms with Crippen molar-refractivity contribution < 1.29 is 4.74 Å². The van der Waals surface area contributed by atoms with Gasteiger partial charge in [0.2, 0.25) is 0 Å². The van der Waals surface area contributed by atoms with Crippen LogP contribution in [0.5, 0.6) is 5.75 Å². The molecule has 0 radical (unpaired) electrons. The van der Waals surface area contributed by atoms with Crippen LogP contribution in [-0.2, 0) is 5.60 Å². The maximum Gasteiger partial charge on any atom is 0.148 e. The van der Waals surface area contributed by atoms with E-state index >= 15 is 0 Å². The number of hydrogen-bond donors (Lipinski definition) is 0. The minimum absolute atomic E-state index is 0.231. The van der Waals surface area contributed by atoms with E-state index in [2.05, 4.69) is 37.0 Å². The lowest BCUT2D eigenvalue weighted by molar-refractivity contribution is 0.0547. The Balaban J connectivity index is 2.17. The summed E-state index contributed by atoms with van der Waals surface area (Å²) in [5, 5.41) is 10.1. The van der Waals surface area contributed by atoms with Crippen LogP contribution >= 0.6 is 11.6 Å². The molecular weight excluding hydrogens is 368 g/mol. The van der Waals surface area contributed by atoms with Crippen LogP contribution in [0.1, 0.15) is 43.4 Å². The van der Waals surface area contributed by atoms with Crippen molar-refractivity contribution in [2.24, 2.45) is 0 Å². The number of halogens is 1. The number of nitriles is 1. The molecule has 0 atom stereocenters. The lowest BCUT2D eigenvalue weighted by Crippen LogP contribution is -2.36.